The lowest BCUT2D eigenvalue weighted by molar-refractivity contribution is -0.168. The monoisotopic (exact) mass is 674 g/mol. The van der Waals surface area contributed by atoms with Crippen molar-refractivity contribution < 1.29 is 51.4 Å². The van der Waals surface area contributed by atoms with Gasteiger partial charge in [-0.2, -0.15) is 13.2 Å². The van der Waals surface area contributed by atoms with Crippen molar-refractivity contribution in [3.8, 4) is 11.1 Å². The van der Waals surface area contributed by atoms with E-state index >= 15 is 0 Å². The van der Waals surface area contributed by atoms with Crippen LogP contribution in [-0.4, -0.2) is 47.9 Å². The maximum atomic E-state index is 11.0. The van der Waals surface area contributed by atoms with E-state index in [1.54, 1.807) is 0 Å². The Balaban J connectivity index is 0.000000636. The van der Waals surface area contributed by atoms with Crippen molar-refractivity contribution in [2.45, 2.75) is 86.6 Å². The highest BCUT2D eigenvalue weighted by Gasteiger charge is 2.33. The molecule has 48 heavy (non-hydrogen) atoms. The molecule has 0 aliphatic heterocycles. The third kappa shape index (κ3) is 19.7. The Bertz CT molecular complexity index is 1430. The lowest BCUT2D eigenvalue weighted by Crippen LogP contribution is -2.21. The number of alkyl halides is 3. The number of halogens is 3. The number of hydrogen-bond acceptors (Lipinski definition) is 8. The predicted molar refractivity (Wildman–Crippen MR) is 177 cm³/mol. The van der Waals surface area contributed by atoms with Gasteiger partial charge in [-0.05, 0) is 62.4 Å². The second-order valence-electron chi connectivity index (χ2n) is 11.5. The van der Waals surface area contributed by atoms with Gasteiger partial charge in [0.1, 0.15) is 24.6 Å². The molecule has 0 N–H and O–H groups in total. The van der Waals surface area contributed by atoms with Crippen LogP contribution >= 0.6 is 0 Å². The van der Waals surface area contributed by atoms with Gasteiger partial charge < -0.3 is 19.0 Å². The standard InChI is InChI=1S/C16H14O2.C9H10O2.C6H12O2.C3H3F3O.C3H6O/c1-11(17)18-10-16-14-8-4-2-6-12(14)13-7-3-5-9-15(13)16;1-8(10)11-7-9-5-3-2-4-6-9;1-5(7)8-6(2,3)4;1-2(7)3(4,5)6;1-3(2)4/h2-9,16H,10H2,1H3;2-6H,7H2,1H3;1-4H3;1H3;1-2H3. The summed E-state index contributed by atoms with van der Waals surface area (Å²) in [5, 5.41) is 0. The Morgan fingerprint density at radius 3 is 1.29 bits per heavy atom. The van der Waals surface area contributed by atoms with Crippen LogP contribution in [0.5, 0.6) is 0 Å². The highest BCUT2D eigenvalue weighted by molar-refractivity contribution is 5.81. The summed E-state index contributed by atoms with van der Waals surface area (Å²) in [5.41, 5.74) is 5.70. The lowest BCUT2D eigenvalue weighted by atomic mass is 9.98. The summed E-state index contributed by atoms with van der Waals surface area (Å²) < 4.78 is 47.3. The number of carbonyl (C=O) groups excluding carboxylic acids is 5. The summed E-state index contributed by atoms with van der Waals surface area (Å²) in [5.74, 6) is -2.11. The van der Waals surface area contributed by atoms with Crippen molar-refractivity contribution in [3.63, 3.8) is 0 Å². The lowest BCUT2D eigenvalue weighted by Gasteiger charge is -2.17. The second-order valence-corrected chi connectivity index (χ2v) is 11.5. The number of ether oxygens (including phenoxy) is 3. The van der Waals surface area contributed by atoms with Crippen LogP contribution in [0.25, 0.3) is 11.1 Å². The van der Waals surface area contributed by atoms with E-state index in [9.17, 15) is 37.1 Å². The van der Waals surface area contributed by atoms with E-state index in [-0.39, 0.29) is 35.2 Å². The molecule has 11 heteroatoms. The van der Waals surface area contributed by atoms with Gasteiger partial charge in [0.05, 0.1) is 0 Å². The van der Waals surface area contributed by atoms with Crippen molar-refractivity contribution in [3.05, 3.63) is 95.6 Å². The molecule has 4 rings (SSSR count). The first-order valence-corrected chi connectivity index (χ1v) is 14.9. The molecule has 0 saturated carbocycles. The molecule has 0 spiro atoms. The molecule has 1 aliphatic carbocycles. The highest BCUT2D eigenvalue weighted by Crippen LogP contribution is 2.44. The smallest absolute Gasteiger partial charge is 0.449 e. The van der Waals surface area contributed by atoms with Crippen LogP contribution in [0.15, 0.2) is 78.9 Å². The highest BCUT2D eigenvalue weighted by atomic mass is 19.4. The molecule has 0 atom stereocenters. The minimum absolute atomic E-state index is 0.167. The van der Waals surface area contributed by atoms with Gasteiger partial charge in [-0.1, -0.05) is 78.9 Å². The zero-order valence-electron chi connectivity index (χ0n) is 28.9. The first kappa shape index (κ1) is 43.2. The average Bonchev–Trinajstić information content (AvgIpc) is 3.28. The van der Waals surface area contributed by atoms with Gasteiger partial charge in [0.15, 0.2) is 0 Å². The molecule has 0 unspecified atom stereocenters. The van der Waals surface area contributed by atoms with Crippen LogP contribution in [0.3, 0.4) is 0 Å². The molecular weight excluding hydrogens is 629 g/mol. The fourth-order valence-electron chi connectivity index (χ4n) is 3.83. The Labute approximate surface area is 280 Å². The van der Waals surface area contributed by atoms with E-state index in [4.69, 9.17) is 14.2 Å². The van der Waals surface area contributed by atoms with Crippen LogP contribution in [0, 0.1) is 0 Å². The number of ketones is 2. The van der Waals surface area contributed by atoms with Gasteiger partial charge in [-0.15, -0.1) is 0 Å². The molecule has 0 aromatic heterocycles. The molecule has 8 nitrogen and oxygen atoms in total. The number of benzene rings is 3. The number of carbonyl (C=O) groups is 5. The van der Waals surface area contributed by atoms with Crippen LogP contribution in [0.4, 0.5) is 13.2 Å². The van der Waals surface area contributed by atoms with Crippen LogP contribution in [0.2, 0.25) is 0 Å². The fourth-order valence-corrected chi connectivity index (χ4v) is 3.83. The van der Waals surface area contributed by atoms with Crippen molar-refractivity contribution in [1.82, 2.24) is 0 Å². The van der Waals surface area contributed by atoms with Gasteiger partial charge in [-0.25, -0.2) is 0 Å². The van der Waals surface area contributed by atoms with E-state index < -0.39 is 12.0 Å². The van der Waals surface area contributed by atoms with Gasteiger partial charge in [0, 0.05) is 33.6 Å². The van der Waals surface area contributed by atoms with Crippen molar-refractivity contribution in [1.29, 1.82) is 0 Å². The molecule has 0 radical (unpaired) electrons. The van der Waals surface area contributed by atoms with Gasteiger partial charge in [0.25, 0.3) is 0 Å². The maximum Gasteiger partial charge on any atom is 0.449 e. The topological polar surface area (TPSA) is 113 Å². The van der Waals surface area contributed by atoms with Crippen LogP contribution in [-0.2, 0) is 44.8 Å². The Morgan fingerprint density at radius 2 is 0.979 bits per heavy atom. The minimum Gasteiger partial charge on any atom is -0.465 e. The van der Waals surface area contributed by atoms with Crippen LogP contribution in [0.1, 0.15) is 84.9 Å². The number of hydrogen-bond donors (Lipinski definition) is 0. The molecule has 1 aliphatic rings. The minimum atomic E-state index is -4.64. The molecular formula is C37H45F3O8. The number of rotatable bonds is 4. The summed E-state index contributed by atoms with van der Waals surface area (Å²) in [4.78, 5) is 50.4. The summed E-state index contributed by atoms with van der Waals surface area (Å²) in [6.07, 6.45) is -4.64. The Hall–Kier alpha value is -4.80. The summed E-state index contributed by atoms with van der Waals surface area (Å²) in [7, 11) is 0. The van der Waals surface area contributed by atoms with Gasteiger partial charge in [-0.3, -0.25) is 19.2 Å². The summed E-state index contributed by atoms with van der Waals surface area (Å²) >= 11 is 0. The van der Waals surface area contributed by atoms with E-state index in [0.717, 1.165) is 5.56 Å². The first-order chi connectivity index (χ1) is 22.2. The predicted octanol–water partition coefficient (Wildman–Crippen LogP) is 8.19. The largest absolute Gasteiger partial charge is 0.465 e. The van der Waals surface area contributed by atoms with Gasteiger partial charge >= 0.3 is 24.1 Å². The number of Topliss-reactive ketones (excluding diaryl/α,β-unsaturated/α-hetero) is 2. The molecule has 0 fully saturated rings. The quantitative estimate of drug-likeness (QED) is 0.201. The van der Waals surface area contributed by atoms with Crippen molar-refractivity contribution in [2.24, 2.45) is 0 Å². The molecule has 0 saturated heterocycles. The Morgan fingerprint density at radius 1 is 0.604 bits per heavy atom. The molecule has 0 heterocycles. The van der Waals surface area contributed by atoms with Crippen LogP contribution < -0.4 is 0 Å². The second kappa shape index (κ2) is 21.1. The van der Waals surface area contributed by atoms with E-state index in [2.05, 4.69) is 24.3 Å². The molecule has 0 amide bonds. The number of esters is 3. The first-order valence-electron chi connectivity index (χ1n) is 14.9. The normalized spacial score (nSPS) is 11.0. The zero-order valence-corrected chi connectivity index (χ0v) is 28.9. The Kier molecular flexibility index (Phi) is 19.0. The van der Waals surface area contributed by atoms with E-state index in [1.165, 1.54) is 56.9 Å². The van der Waals surface area contributed by atoms with E-state index in [0.29, 0.717) is 20.1 Å². The third-order valence-electron chi connectivity index (χ3n) is 5.55. The average molecular weight is 675 g/mol. The van der Waals surface area contributed by atoms with Crippen molar-refractivity contribution >= 4 is 29.5 Å². The maximum absolute atomic E-state index is 11.0. The molecule has 3 aromatic carbocycles. The fraction of sp³-hybridized carbons (Fsp3) is 0.378. The molecule has 3 aromatic rings. The zero-order chi connectivity index (χ0) is 37.1. The summed E-state index contributed by atoms with van der Waals surface area (Å²) in [6, 6.07) is 26.2. The summed E-state index contributed by atoms with van der Waals surface area (Å²) in [6.45, 7) is 14.1. The number of fused-ring (bicyclic) bond motifs is 3. The molecule has 0 bridgehead atoms. The van der Waals surface area contributed by atoms with E-state index in [1.807, 2.05) is 75.4 Å². The van der Waals surface area contributed by atoms with Crippen molar-refractivity contribution in [2.75, 3.05) is 6.61 Å². The third-order valence-corrected chi connectivity index (χ3v) is 5.55. The SMILES string of the molecule is CC(=O)C(F)(F)F.CC(=O)OC(C)(C)C.CC(=O)OCC1c2ccccc2-c2ccccc21.CC(=O)OCc1ccccc1.CC(C)=O. The van der Waals surface area contributed by atoms with Gasteiger partial charge in [0.2, 0.25) is 5.78 Å². The molecule has 262 valence electrons.